The second-order valence-corrected chi connectivity index (χ2v) is 5.98. The topological polar surface area (TPSA) is 116 Å². The first kappa shape index (κ1) is 19.5. The van der Waals surface area contributed by atoms with Crippen molar-refractivity contribution in [1.29, 1.82) is 0 Å². The highest BCUT2D eigenvalue weighted by Gasteiger charge is 2.15. The number of aromatic nitrogens is 2. The number of hydrogen-bond acceptors (Lipinski definition) is 5. The van der Waals surface area contributed by atoms with Crippen LogP contribution >= 0.6 is 0 Å². The molecule has 0 saturated heterocycles. The zero-order valence-electron chi connectivity index (χ0n) is 14.8. The maximum Gasteiger partial charge on any atom is 0.315 e. The van der Waals surface area contributed by atoms with Gasteiger partial charge in [0.15, 0.2) is 0 Å². The molecule has 0 bridgehead atoms. The number of likely N-dealkylation sites (N-methyl/N-ethyl adjacent to an activating group) is 1. The molecular weight excluding hydrogens is 339 g/mol. The Kier molecular flexibility index (Phi) is 6.81. The maximum atomic E-state index is 13.1. The number of rotatable bonds is 7. The molecule has 8 nitrogen and oxygen atoms in total. The Morgan fingerprint density at radius 2 is 2.00 bits per heavy atom. The molecular formula is C17H23FN6O2. The summed E-state index contributed by atoms with van der Waals surface area (Å²) in [5.41, 5.74) is 6.50. The highest BCUT2D eigenvalue weighted by molar-refractivity contribution is 5.73. The number of aromatic amines is 1. The van der Waals surface area contributed by atoms with Crippen molar-refractivity contribution in [2.75, 3.05) is 20.6 Å². The molecule has 1 atom stereocenters. The molecule has 0 saturated carbocycles. The van der Waals surface area contributed by atoms with E-state index in [0.717, 1.165) is 5.56 Å². The van der Waals surface area contributed by atoms with Gasteiger partial charge < -0.3 is 26.3 Å². The summed E-state index contributed by atoms with van der Waals surface area (Å²) in [6, 6.07) is 6.95. The van der Waals surface area contributed by atoms with Crippen molar-refractivity contribution >= 4 is 6.03 Å². The Morgan fingerprint density at radius 1 is 1.31 bits per heavy atom. The smallest absolute Gasteiger partial charge is 0.315 e. The zero-order chi connectivity index (χ0) is 19.1. The Bertz CT molecular complexity index is 791. The number of carbonyl (C=O) groups excluding carboxylic acids is 1. The standard InChI is InChI=1S/C17H23FN6O2/c1-24(2)14(11-3-5-12(18)6-4-11)9-20-17(26)21-10-15-22-13(8-19)7-16(25)23-15/h3-7,14H,8-10,19H2,1-2H3,(H2,20,21,26)(H,22,23,25). The van der Waals surface area contributed by atoms with E-state index in [2.05, 4.69) is 20.6 Å². The zero-order valence-corrected chi connectivity index (χ0v) is 14.8. The molecule has 9 heteroatoms. The first-order valence-corrected chi connectivity index (χ1v) is 8.12. The molecule has 0 radical (unpaired) electrons. The molecule has 1 aromatic heterocycles. The molecule has 0 aliphatic carbocycles. The average molecular weight is 362 g/mol. The Balaban J connectivity index is 1.91. The number of hydrogen-bond donors (Lipinski definition) is 4. The normalized spacial score (nSPS) is 12.0. The third-order valence-electron chi connectivity index (χ3n) is 3.80. The number of nitrogens with zero attached hydrogens (tertiary/aromatic N) is 2. The molecule has 140 valence electrons. The van der Waals surface area contributed by atoms with Gasteiger partial charge >= 0.3 is 6.03 Å². The molecule has 2 aromatic rings. The van der Waals surface area contributed by atoms with Crippen LogP contribution in [-0.4, -0.2) is 41.5 Å². The summed E-state index contributed by atoms with van der Waals surface area (Å²) in [6.45, 7) is 0.542. The number of H-pyrrole nitrogens is 1. The summed E-state index contributed by atoms with van der Waals surface area (Å²) in [7, 11) is 3.75. The highest BCUT2D eigenvalue weighted by Crippen LogP contribution is 2.17. The van der Waals surface area contributed by atoms with Crippen molar-refractivity contribution in [3.8, 4) is 0 Å². The minimum Gasteiger partial charge on any atom is -0.336 e. The fourth-order valence-corrected chi connectivity index (χ4v) is 2.45. The molecule has 1 unspecified atom stereocenters. The monoisotopic (exact) mass is 362 g/mol. The first-order valence-electron chi connectivity index (χ1n) is 8.12. The first-order chi connectivity index (χ1) is 12.4. The van der Waals surface area contributed by atoms with E-state index >= 15 is 0 Å². The molecule has 2 rings (SSSR count). The summed E-state index contributed by atoms with van der Waals surface area (Å²) in [5, 5.41) is 5.39. The summed E-state index contributed by atoms with van der Waals surface area (Å²) >= 11 is 0. The van der Waals surface area contributed by atoms with Gasteiger partial charge in [-0.05, 0) is 31.8 Å². The lowest BCUT2D eigenvalue weighted by Crippen LogP contribution is -2.40. The summed E-state index contributed by atoms with van der Waals surface area (Å²) in [4.78, 5) is 32.1. The van der Waals surface area contributed by atoms with E-state index in [1.807, 2.05) is 19.0 Å². The largest absolute Gasteiger partial charge is 0.336 e. The molecule has 0 aliphatic heterocycles. The van der Waals surface area contributed by atoms with E-state index in [1.165, 1.54) is 18.2 Å². The second kappa shape index (κ2) is 9.07. The lowest BCUT2D eigenvalue weighted by molar-refractivity contribution is 0.232. The molecule has 0 spiro atoms. The van der Waals surface area contributed by atoms with Gasteiger partial charge in [0, 0.05) is 19.2 Å². The van der Waals surface area contributed by atoms with E-state index in [4.69, 9.17) is 5.73 Å². The molecule has 5 N–H and O–H groups in total. The van der Waals surface area contributed by atoms with Crippen molar-refractivity contribution < 1.29 is 9.18 Å². The van der Waals surface area contributed by atoms with E-state index < -0.39 is 6.03 Å². The van der Waals surface area contributed by atoms with Gasteiger partial charge in [-0.2, -0.15) is 0 Å². The summed E-state index contributed by atoms with van der Waals surface area (Å²) in [5.74, 6) is 0.0222. The van der Waals surface area contributed by atoms with Gasteiger partial charge in [0.25, 0.3) is 5.56 Å². The van der Waals surface area contributed by atoms with Crippen LogP contribution in [-0.2, 0) is 13.1 Å². The van der Waals surface area contributed by atoms with Crippen LogP contribution in [0, 0.1) is 5.82 Å². The molecule has 26 heavy (non-hydrogen) atoms. The molecule has 0 fully saturated rings. The van der Waals surface area contributed by atoms with E-state index in [1.54, 1.807) is 12.1 Å². The van der Waals surface area contributed by atoms with Crippen molar-refractivity contribution in [1.82, 2.24) is 25.5 Å². The molecule has 0 aliphatic rings. The van der Waals surface area contributed by atoms with Gasteiger partial charge in [0.05, 0.1) is 18.3 Å². The minimum atomic E-state index is -0.403. The third-order valence-corrected chi connectivity index (χ3v) is 3.80. The number of benzene rings is 1. The number of nitrogens with two attached hydrogens (primary N) is 1. The van der Waals surface area contributed by atoms with E-state index in [9.17, 15) is 14.0 Å². The van der Waals surface area contributed by atoms with Gasteiger partial charge in [-0.25, -0.2) is 14.2 Å². The second-order valence-electron chi connectivity index (χ2n) is 5.98. The predicted octanol–water partition coefficient (Wildman–Crippen LogP) is 0.470. The van der Waals surface area contributed by atoms with Crippen LogP contribution in [0.25, 0.3) is 0 Å². The van der Waals surface area contributed by atoms with Crippen molar-refractivity contribution in [3.63, 3.8) is 0 Å². The van der Waals surface area contributed by atoms with Gasteiger partial charge in [0.2, 0.25) is 0 Å². The SMILES string of the molecule is CN(C)C(CNC(=O)NCc1nc(CN)cc(=O)[nH]1)c1ccc(F)cc1. The minimum absolute atomic E-state index is 0.0676. The van der Waals surface area contributed by atoms with E-state index in [-0.39, 0.29) is 30.5 Å². The average Bonchev–Trinajstić information content (AvgIpc) is 2.61. The number of carbonyl (C=O) groups is 1. The third kappa shape index (κ3) is 5.64. The Labute approximate surface area is 150 Å². The van der Waals surface area contributed by atoms with Gasteiger partial charge in [0.1, 0.15) is 11.6 Å². The van der Waals surface area contributed by atoms with Gasteiger partial charge in [-0.3, -0.25) is 4.79 Å². The molecule has 2 amide bonds. The van der Waals surface area contributed by atoms with Crippen LogP contribution in [0.2, 0.25) is 0 Å². The van der Waals surface area contributed by atoms with E-state index in [0.29, 0.717) is 18.1 Å². The number of amides is 2. The van der Waals surface area contributed by atoms with Crippen LogP contribution in [0.15, 0.2) is 35.1 Å². The van der Waals surface area contributed by atoms with Crippen LogP contribution in [0.3, 0.4) is 0 Å². The van der Waals surface area contributed by atoms with Crippen molar-refractivity contribution in [3.05, 3.63) is 63.6 Å². The lowest BCUT2D eigenvalue weighted by Gasteiger charge is -2.25. The number of halogens is 1. The van der Waals surface area contributed by atoms with Crippen molar-refractivity contribution in [2.24, 2.45) is 5.73 Å². The van der Waals surface area contributed by atoms with Crippen molar-refractivity contribution in [2.45, 2.75) is 19.1 Å². The van der Waals surface area contributed by atoms with Crippen LogP contribution in [0.5, 0.6) is 0 Å². The summed E-state index contributed by atoms with van der Waals surface area (Å²) in [6.07, 6.45) is 0. The number of urea groups is 1. The molecule has 1 heterocycles. The fourth-order valence-electron chi connectivity index (χ4n) is 2.45. The predicted molar refractivity (Wildman–Crippen MR) is 95.8 cm³/mol. The lowest BCUT2D eigenvalue weighted by atomic mass is 10.1. The van der Waals surface area contributed by atoms with Crippen LogP contribution in [0.4, 0.5) is 9.18 Å². The fraction of sp³-hybridized carbons (Fsp3) is 0.353. The van der Waals surface area contributed by atoms with Gasteiger partial charge in [-0.15, -0.1) is 0 Å². The van der Waals surface area contributed by atoms with Crippen LogP contribution in [0.1, 0.15) is 23.1 Å². The quantitative estimate of drug-likeness (QED) is 0.571. The maximum absolute atomic E-state index is 13.1. The Hall–Kier alpha value is -2.78. The van der Waals surface area contributed by atoms with Crippen LogP contribution < -0.4 is 21.9 Å². The highest BCUT2D eigenvalue weighted by atomic mass is 19.1. The molecule has 1 aromatic carbocycles. The summed E-state index contributed by atoms with van der Waals surface area (Å²) < 4.78 is 13.1. The van der Waals surface area contributed by atoms with Gasteiger partial charge in [-0.1, -0.05) is 12.1 Å². The Morgan fingerprint density at radius 3 is 2.62 bits per heavy atom. The number of nitrogens with one attached hydrogen (secondary N) is 3.